The number of para-hydroxylation sites is 1. The number of rotatable bonds is 5. The molecule has 0 radical (unpaired) electrons. The average Bonchev–Trinajstić information content (AvgIpc) is 3.27. The van der Waals surface area contributed by atoms with Crippen molar-refractivity contribution in [1.82, 2.24) is 10.1 Å². The van der Waals surface area contributed by atoms with E-state index in [-0.39, 0.29) is 5.82 Å². The van der Waals surface area contributed by atoms with E-state index < -0.39 is 18.0 Å². The van der Waals surface area contributed by atoms with Crippen LogP contribution in [0.5, 0.6) is 11.5 Å². The standard InChI is InChI=1S/C25H21N3O6/c1-14-11-23(28-34-14)27-24(29)15(2)33-25(30)18-13-20(26-19-6-4-3-5-17(18)19)16-7-8-21-22(12-16)32-10-9-31-21/h3-8,11-13,15H,9-10H2,1-2H3,(H,27,28,29). The lowest BCUT2D eigenvalue weighted by atomic mass is 10.0. The summed E-state index contributed by atoms with van der Waals surface area (Å²) in [6.07, 6.45) is -1.06. The van der Waals surface area contributed by atoms with Crippen LogP contribution in [0.25, 0.3) is 22.2 Å². The van der Waals surface area contributed by atoms with Crippen molar-refractivity contribution < 1.29 is 28.3 Å². The first-order valence-electron chi connectivity index (χ1n) is 10.7. The van der Waals surface area contributed by atoms with Crippen LogP contribution in [0.15, 0.2) is 59.1 Å². The van der Waals surface area contributed by atoms with Crippen LogP contribution >= 0.6 is 0 Å². The van der Waals surface area contributed by atoms with Gasteiger partial charge in [0, 0.05) is 17.0 Å². The number of nitrogens with one attached hydrogen (secondary N) is 1. The van der Waals surface area contributed by atoms with E-state index in [1.54, 1.807) is 25.1 Å². The molecule has 9 nitrogen and oxygen atoms in total. The molecule has 1 unspecified atom stereocenters. The van der Waals surface area contributed by atoms with Gasteiger partial charge in [0.15, 0.2) is 23.4 Å². The Kier molecular flexibility index (Phi) is 5.59. The minimum absolute atomic E-state index is 0.251. The highest BCUT2D eigenvalue weighted by Gasteiger charge is 2.23. The van der Waals surface area contributed by atoms with Crippen LogP contribution in [0.2, 0.25) is 0 Å². The van der Waals surface area contributed by atoms with E-state index in [2.05, 4.69) is 10.5 Å². The van der Waals surface area contributed by atoms with Gasteiger partial charge in [-0.2, -0.15) is 0 Å². The lowest BCUT2D eigenvalue weighted by Gasteiger charge is -2.19. The first-order chi connectivity index (χ1) is 16.5. The van der Waals surface area contributed by atoms with Gasteiger partial charge in [-0.3, -0.25) is 4.79 Å². The summed E-state index contributed by atoms with van der Waals surface area (Å²) in [7, 11) is 0. The molecular weight excluding hydrogens is 438 g/mol. The second-order valence-electron chi connectivity index (χ2n) is 7.79. The first kappa shape index (κ1) is 21.4. The number of nitrogens with zero attached hydrogens (tertiary/aromatic N) is 2. The van der Waals surface area contributed by atoms with Gasteiger partial charge in [0.1, 0.15) is 19.0 Å². The van der Waals surface area contributed by atoms with Gasteiger partial charge < -0.3 is 24.1 Å². The summed E-state index contributed by atoms with van der Waals surface area (Å²) in [4.78, 5) is 30.3. The fraction of sp³-hybridized carbons (Fsp3) is 0.200. The summed E-state index contributed by atoms with van der Waals surface area (Å²) in [6.45, 7) is 4.16. The van der Waals surface area contributed by atoms with E-state index in [4.69, 9.17) is 23.7 Å². The van der Waals surface area contributed by atoms with Gasteiger partial charge in [-0.25, -0.2) is 9.78 Å². The van der Waals surface area contributed by atoms with Gasteiger partial charge in [0.2, 0.25) is 0 Å². The summed E-state index contributed by atoms with van der Waals surface area (Å²) in [6, 6.07) is 16.0. The Morgan fingerprint density at radius 2 is 1.82 bits per heavy atom. The maximum atomic E-state index is 13.1. The summed E-state index contributed by atoms with van der Waals surface area (Å²) >= 11 is 0. The van der Waals surface area contributed by atoms with Gasteiger partial charge in [0.05, 0.1) is 16.8 Å². The third-order valence-electron chi connectivity index (χ3n) is 5.31. The highest BCUT2D eigenvalue weighted by molar-refractivity contribution is 6.06. The summed E-state index contributed by atoms with van der Waals surface area (Å²) in [5.41, 5.74) is 2.25. The van der Waals surface area contributed by atoms with Crippen LogP contribution in [0.1, 0.15) is 23.0 Å². The van der Waals surface area contributed by atoms with Crippen molar-refractivity contribution in [2.24, 2.45) is 0 Å². The zero-order valence-electron chi connectivity index (χ0n) is 18.5. The lowest BCUT2D eigenvalue weighted by molar-refractivity contribution is -0.123. The van der Waals surface area contributed by atoms with Crippen molar-refractivity contribution in [3.8, 4) is 22.8 Å². The molecule has 0 saturated carbocycles. The maximum Gasteiger partial charge on any atom is 0.339 e. The largest absolute Gasteiger partial charge is 0.486 e. The van der Waals surface area contributed by atoms with Gasteiger partial charge in [0.25, 0.3) is 5.91 Å². The second kappa shape index (κ2) is 8.86. The molecule has 0 aliphatic carbocycles. The molecule has 1 amide bonds. The molecule has 0 saturated heterocycles. The topological polar surface area (TPSA) is 113 Å². The van der Waals surface area contributed by atoms with E-state index in [1.165, 1.54) is 6.92 Å². The fourth-order valence-corrected chi connectivity index (χ4v) is 3.63. The zero-order chi connectivity index (χ0) is 23.7. The number of carbonyl (C=O) groups is 2. The molecule has 3 heterocycles. The van der Waals surface area contributed by atoms with Gasteiger partial charge in [-0.15, -0.1) is 0 Å². The van der Waals surface area contributed by atoms with Crippen LogP contribution in [-0.4, -0.2) is 41.3 Å². The minimum Gasteiger partial charge on any atom is -0.486 e. The number of benzene rings is 2. The van der Waals surface area contributed by atoms with Crippen LogP contribution in [0, 0.1) is 6.92 Å². The van der Waals surface area contributed by atoms with Crippen molar-refractivity contribution >= 4 is 28.6 Å². The third kappa shape index (κ3) is 4.27. The molecule has 1 aliphatic heterocycles. The predicted octanol–water partition coefficient (Wildman–Crippen LogP) is 4.15. The monoisotopic (exact) mass is 459 g/mol. The number of carbonyl (C=O) groups excluding carboxylic acids is 2. The molecule has 4 aromatic rings. The van der Waals surface area contributed by atoms with E-state index in [9.17, 15) is 9.59 Å². The number of amides is 1. The number of esters is 1. The SMILES string of the molecule is Cc1cc(NC(=O)C(C)OC(=O)c2cc(-c3ccc4c(c3)OCCO4)nc3ccccc23)no1. The van der Waals surface area contributed by atoms with E-state index in [1.807, 2.05) is 36.4 Å². The normalized spacial score (nSPS) is 13.4. The van der Waals surface area contributed by atoms with Crippen molar-refractivity contribution in [2.75, 3.05) is 18.5 Å². The number of fused-ring (bicyclic) bond motifs is 2. The molecule has 0 spiro atoms. The average molecular weight is 459 g/mol. The van der Waals surface area contributed by atoms with Crippen LogP contribution in [0.3, 0.4) is 0 Å². The number of hydrogen-bond donors (Lipinski definition) is 1. The molecular formula is C25H21N3O6. The molecule has 1 aliphatic rings. The Morgan fingerprint density at radius 1 is 1.03 bits per heavy atom. The Balaban J connectivity index is 1.44. The molecule has 2 aromatic heterocycles. The summed E-state index contributed by atoms with van der Waals surface area (Å²) < 4.78 is 21.7. The molecule has 172 valence electrons. The highest BCUT2D eigenvalue weighted by Crippen LogP contribution is 2.35. The molecule has 1 N–H and O–H groups in total. The number of ether oxygens (including phenoxy) is 3. The molecule has 9 heteroatoms. The van der Waals surface area contributed by atoms with E-state index in [0.717, 1.165) is 5.56 Å². The van der Waals surface area contributed by atoms with Gasteiger partial charge in [-0.05, 0) is 44.2 Å². The van der Waals surface area contributed by atoms with E-state index >= 15 is 0 Å². The molecule has 2 aromatic carbocycles. The number of hydrogen-bond acceptors (Lipinski definition) is 8. The number of aryl methyl sites for hydroxylation is 1. The van der Waals surface area contributed by atoms with Gasteiger partial charge >= 0.3 is 5.97 Å². The molecule has 5 rings (SSSR count). The minimum atomic E-state index is -1.06. The van der Waals surface area contributed by atoms with Crippen LogP contribution in [-0.2, 0) is 9.53 Å². The van der Waals surface area contributed by atoms with E-state index in [0.29, 0.717) is 52.6 Å². The Morgan fingerprint density at radius 3 is 2.62 bits per heavy atom. The van der Waals surface area contributed by atoms with Crippen molar-refractivity contribution in [3.05, 3.63) is 65.9 Å². The summed E-state index contributed by atoms with van der Waals surface area (Å²) in [5.74, 6) is 0.924. The maximum absolute atomic E-state index is 13.1. The highest BCUT2D eigenvalue weighted by atomic mass is 16.6. The zero-order valence-corrected chi connectivity index (χ0v) is 18.5. The molecule has 34 heavy (non-hydrogen) atoms. The smallest absolute Gasteiger partial charge is 0.339 e. The number of anilines is 1. The Hall–Kier alpha value is -4.40. The van der Waals surface area contributed by atoms with Crippen molar-refractivity contribution in [2.45, 2.75) is 20.0 Å². The first-order valence-corrected chi connectivity index (χ1v) is 10.7. The molecule has 0 bridgehead atoms. The third-order valence-corrected chi connectivity index (χ3v) is 5.31. The van der Waals surface area contributed by atoms with Crippen molar-refractivity contribution in [1.29, 1.82) is 0 Å². The number of pyridine rings is 1. The van der Waals surface area contributed by atoms with Crippen LogP contribution in [0.4, 0.5) is 5.82 Å². The second-order valence-corrected chi connectivity index (χ2v) is 7.79. The quantitative estimate of drug-likeness (QED) is 0.443. The Bertz CT molecular complexity index is 1400. The van der Waals surface area contributed by atoms with Gasteiger partial charge in [-0.1, -0.05) is 23.4 Å². The van der Waals surface area contributed by atoms with Crippen molar-refractivity contribution in [3.63, 3.8) is 0 Å². The predicted molar refractivity (Wildman–Crippen MR) is 123 cm³/mol. The lowest BCUT2D eigenvalue weighted by Crippen LogP contribution is -2.30. The van der Waals surface area contributed by atoms with Crippen LogP contribution < -0.4 is 14.8 Å². The Labute approximate surface area is 194 Å². The number of aromatic nitrogens is 2. The molecule has 0 fully saturated rings. The fourth-order valence-electron chi connectivity index (χ4n) is 3.63. The molecule has 1 atom stereocenters. The summed E-state index contributed by atoms with van der Waals surface area (Å²) in [5, 5.41) is 6.90.